The maximum absolute atomic E-state index is 9.17. The SMILES string of the molecule is N#Cc1ccnc(N)c1-c1c(Cl)c(Cl)c(Cl)c(Cl)c1Cl. The van der Waals surface area contributed by atoms with E-state index in [-0.39, 0.29) is 47.6 Å². The highest BCUT2D eigenvalue weighted by Gasteiger charge is 2.24. The molecule has 1 heterocycles. The molecule has 0 fully saturated rings. The Hall–Kier alpha value is -0.890. The summed E-state index contributed by atoms with van der Waals surface area (Å²) in [5.74, 6) is 0.0855. The molecule has 0 aliphatic carbocycles. The number of anilines is 1. The van der Waals surface area contributed by atoms with Crippen LogP contribution in [0.15, 0.2) is 12.3 Å². The van der Waals surface area contributed by atoms with E-state index >= 15 is 0 Å². The molecule has 3 nitrogen and oxygen atoms in total. The van der Waals surface area contributed by atoms with Gasteiger partial charge in [-0.2, -0.15) is 5.26 Å². The van der Waals surface area contributed by atoms with Crippen LogP contribution in [0.1, 0.15) is 5.56 Å². The van der Waals surface area contributed by atoms with Crippen molar-refractivity contribution in [1.82, 2.24) is 4.98 Å². The van der Waals surface area contributed by atoms with E-state index in [9.17, 15) is 0 Å². The molecule has 0 aliphatic rings. The van der Waals surface area contributed by atoms with Crippen molar-refractivity contribution < 1.29 is 0 Å². The Labute approximate surface area is 139 Å². The standard InChI is InChI=1S/C12H4Cl5N3/c13-7-6(8(14)10(16)11(17)9(7)15)5-4(3-18)1-2-20-12(5)19/h1-2H,(H2,19,20). The molecule has 20 heavy (non-hydrogen) atoms. The largest absolute Gasteiger partial charge is 0.383 e. The zero-order valence-electron chi connectivity index (χ0n) is 9.52. The molecule has 8 heteroatoms. The predicted molar refractivity (Wildman–Crippen MR) is 83.9 cm³/mol. The van der Waals surface area contributed by atoms with Crippen LogP contribution in [0.25, 0.3) is 11.1 Å². The van der Waals surface area contributed by atoms with Crippen LogP contribution < -0.4 is 5.73 Å². The third-order valence-corrected chi connectivity index (χ3v) is 4.84. The van der Waals surface area contributed by atoms with Crippen LogP contribution in [-0.2, 0) is 0 Å². The monoisotopic (exact) mass is 365 g/mol. The predicted octanol–water partition coefficient (Wildman–Crippen LogP) is 5.47. The lowest BCUT2D eigenvalue weighted by atomic mass is 10.0. The molecular formula is C12H4Cl5N3. The zero-order chi connectivity index (χ0) is 15.0. The number of halogens is 5. The number of pyridine rings is 1. The van der Waals surface area contributed by atoms with Crippen LogP contribution in [0.5, 0.6) is 0 Å². The molecule has 0 amide bonds. The topological polar surface area (TPSA) is 62.7 Å². The number of nitrogens with two attached hydrogens (primary N) is 1. The Morgan fingerprint density at radius 2 is 1.40 bits per heavy atom. The summed E-state index contributed by atoms with van der Waals surface area (Å²) in [6.07, 6.45) is 1.40. The number of nitrogen functional groups attached to an aromatic ring is 1. The molecule has 0 saturated heterocycles. The number of rotatable bonds is 1. The lowest BCUT2D eigenvalue weighted by Gasteiger charge is -2.14. The summed E-state index contributed by atoms with van der Waals surface area (Å²) in [5.41, 5.74) is 6.55. The van der Waals surface area contributed by atoms with E-state index in [0.29, 0.717) is 0 Å². The van der Waals surface area contributed by atoms with Gasteiger partial charge in [-0.1, -0.05) is 58.0 Å². The van der Waals surface area contributed by atoms with Crippen molar-refractivity contribution >= 4 is 63.8 Å². The van der Waals surface area contributed by atoms with E-state index in [1.807, 2.05) is 6.07 Å². The van der Waals surface area contributed by atoms with Gasteiger partial charge in [-0.25, -0.2) is 4.98 Å². The summed E-state index contributed by atoms with van der Waals surface area (Å²) in [6.45, 7) is 0. The second-order valence-electron chi connectivity index (χ2n) is 3.68. The van der Waals surface area contributed by atoms with E-state index in [2.05, 4.69) is 4.98 Å². The molecular weight excluding hydrogens is 363 g/mol. The molecule has 2 rings (SSSR count). The molecule has 0 atom stereocenters. The second-order valence-corrected chi connectivity index (χ2v) is 5.57. The summed E-state index contributed by atoms with van der Waals surface area (Å²) in [6, 6.07) is 3.47. The highest BCUT2D eigenvalue weighted by atomic mass is 35.5. The number of benzene rings is 1. The minimum atomic E-state index is 0.0323. The molecule has 2 aromatic rings. The molecule has 0 spiro atoms. The van der Waals surface area contributed by atoms with Crippen molar-refractivity contribution in [1.29, 1.82) is 5.26 Å². The van der Waals surface area contributed by atoms with Crippen LogP contribution in [0.2, 0.25) is 25.1 Å². The highest BCUT2D eigenvalue weighted by molar-refractivity contribution is 6.56. The van der Waals surface area contributed by atoms with Gasteiger partial charge in [0.05, 0.1) is 36.7 Å². The molecule has 102 valence electrons. The van der Waals surface area contributed by atoms with Gasteiger partial charge in [0.1, 0.15) is 5.82 Å². The van der Waals surface area contributed by atoms with Crippen LogP contribution >= 0.6 is 58.0 Å². The van der Waals surface area contributed by atoms with Gasteiger partial charge in [0, 0.05) is 17.3 Å². The average Bonchev–Trinajstić information content (AvgIpc) is 2.44. The summed E-state index contributed by atoms with van der Waals surface area (Å²) >= 11 is 30.2. The quantitative estimate of drug-likeness (QED) is 0.537. The molecule has 1 aromatic heterocycles. The smallest absolute Gasteiger partial charge is 0.132 e. The van der Waals surface area contributed by atoms with Crippen molar-refractivity contribution in [2.24, 2.45) is 0 Å². The molecule has 0 bridgehead atoms. The fourth-order valence-electron chi connectivity index (χ4n) is 1.66. The molecule has 2 N–H and O–H groups in total. The highest BCUT2D eigenvalue weighted by Crippen LogP contribution is 2.49. The van der Waals surface area contributed by atoms with Gasteiger partial charge in [0.25, 0.3) is 0 Å². The molecule has 0 unspecified atom stereocenters. The third-order valence-electron chi connectivity index (χ3n) is 2.56. The Balaban J connectivity index is 2.96. The van der Waals surface area contributed by atoms with Gasteiger partial charge in [-0.15, -0.1) is 0 Å². The number of nitrogens with zero attached hydrogens (tertiary/aromatic N) is 2. The van der Waals surface area contributed by atoms with Gasteiger partial charge in [-0.3, -0.25) is 0 Å². The lowest BCUT2D eigenvalue weighted by Crippen LogP contribution is -1.98. The number of nitriles is 1. The molecule has 0 radical (unpaired) electrons. The normalized spacial score (nSPS) is 10.4. The first-order chi connectivity index (χ1) is 9.40. The molecule has 1 aromatic carbocycles. The van der Waals surface area contributed by atoms with Crippen LogP contribution in [0.4, 0.5) is 5.82 Å². The summed E-state index contributed by atoms with van der Waals surface area (Å²) in [7, 11) is 0. The maximum atomic E-state index is 9.17. The fraction of sp³-hybridized carbons (Fsp3) is 0. The summed E-state index contributed by atoms with van der Waals surface area (Å²) in [4.78, 5) is 3.92. The van der Waals surface area contributed by atoms with Crippen molar-refractivity contribution in [3.63, 3.8) is 0 Å². The van der Waals surface area contributed by atoms with Crippen molar-refractivity contribution in [3.8, 4) is 17.2 Å². The Bertz CT molecular complexity index is 723. The maximum Gasteiger partial charge on any atom is 0.132 e. The third kappa shape index (κ3) is 2.39. The first-order valence-corrected chi connectivity index (χ1v) is 6.95. The van der Waals surface area contributed by atoms with E-state index in [4.69, 9.17) is 69.0 Å². The van der Waals surface area contributed by atoms with E-state index in [0.717, 1.165) is 0 Å². The van der Waals surface area contributed by atoms with Crippen molar-refractivity contribution in [2.45, 2.75) is 0 Å². The van der Waals surface area contributed by atoms with Gasteiger partial charge in [0.2, 0.25) is 0 Å². The first kappa shape index (κ1) is 15.5. The molecule has 0 saturated carbocycles. The van der Waals surface area contributed by atoms with Crippen LogP contribution in [0.3, 0.4) is 0 Å². The van der Waals surface area contributed by atoms with E-state index in [1.54, 1.807) is 0 Å². The Morgan fingerprint density at radius 3 is 1.90 bits per heavy atom. The van der Waals surface area contributed by atoms with Gasteiger partial charge >= 0.3 is 0 Å². The minimum Gasteiger partial charge on any atom is -0.383 e. The van der Waals surface area contributed by atoms with Gasteiger partial charge in [0.15, 0.2) is 0 Å². The van der Waals surface area contributed by atoms with E-state index in [1.165, 1.54) is 12.3 Å². The Kier molecular flexibility index (Phi) is 4.53. The first-order valence-electron chi connectivity index (χ1n) is 5.06. The fourth-order valence-corrected chi connectivity index (χ4v) is 2.99. The summed E-state index contributed by atoms with van der Waals surface area (Å²) < 4.78 is 0. The second kappa shape index (κ2) is 5.85. The summed E-state index contributed by atoms with van der Waals surface area (Å²) in [5, 5.41) is 9.38. The zero-order valence-corrected chi connectivity index (χ0v) is 13.3. The number of hydrogen-bond acceptors (Lipinski definition) is 3. The Morgan fingerprint density at radius 1 is 0.900 bits per heavy atom. The lowest BCUT2D eigenvalue weighted by molar-refractivity contribution is 1.32. The van der Waals surface area contributed by atoms with Gasteiger partial charge in [-0.05, 0) is 6.07 Å². The average molecular weight is 367 g/mol. The van der Waals surface area contributed by atoms with Crippen LogP contribution in [0, 0.1) is 11.3 Å². The molecule has 0 aliphatic heterocycles. The van der Waals surface area contributed by atoms with Gasteiger partial charge < -0.3 is 5.73 Å². The minimum absolute atomic E-state index is 0.0323. The number of aromatic nitrogens is 1. The number of hydrogen-bond donors (Lipinski definition) is 1. The van der Waals surface area contributed by atoms with E-state index < -0.39 is 0 Å². The van der Waals surface area contributed by atoms with Crippen LogP contribution in [-0.4, -0.2) is 4.98 Å². The van der Waals surface area contributed by atoms with Crippen molar-refractivity contribution in [3.05, 3.63) is 42.9 Å². The van der Waals surface area contributed by atoms with Crippen molar-refractivity contribution in [2.75, 3.05) is 5.73 Å².